The smallest absolute Gasteiger partial charge is 0.254 e. The zero-order valence-electron chi connectivity index (χ0n) is 23.7. The number of aryl methyl sites for hydroxylation is 2. The largest absolute Gasteiger partial charge is 0.386 e. The van der Waals surface area contributed by atoms with Crippen molar-refractivity contribution >= 4 is 17.5 Å². The molecule has 0 bridgehead atoms. The minimum atomic E-state index is -0.735. The molecule has 4 aromatic carbocycles. The van der Waals surface area contributed by atoms with Crippen molar-refractivity contribution in [1.29, 1.82) is 5.26 Å². The highest BCUT2D eigenvalue weighted by molar-refractivity contribution is 6.31. The first-order valence-corrected chi connectivity index (χ1v) is 13.7. The molecule has 5 nitrogen and oxygen atoms in total. The van der Waals surface area contributed by atoms with Gasteiger partial charge in [-0.25, -0.2) is 8.78 Å². The van der Waals surface area contributed by atoms with Crippen molar-refractivity contribution in [1.82, 2.24) is 9.80 Å². The molecule has 0 saturated carbocycles. The average Bonchev–Trinajstić information content (AvgIpc) is 2.96. The standard InChI is InChI=1S/C34H31ClF2N4O/c1-22-14-28(16-29(35)15-22)31-17-26(9-4-23(31)2)34(42)41(21-27-10-11-30(36)18-32(27)37)13-12-33(39)40(3)20-25-7-5-24(19-38)6-8-25/h4-12,14-18H,13,20-21,39H2,1-3H3/b33-12+. The van der Waals surface area contributed by atoms with Gasteiger partial charge in [-0.05, 0) is 90.2 Å². The van der Waals surface area contributed by atoms with Crippen LogP contribution in [0, 0.1) is 36.8 Å². The fraction of sp³-hybridized carbons (Fsp3) is 0.176. The Morgan fingerprint density at radius 2 is 1.71 bits per heavy atom. The quantitative estimate of drug-likeness (QED) is 0.223. The number of hydrogen-bond donors (Lipinski definition) is 1. The van der Waals surface area contributed by atoms with Gasteiger partial charge in [0.05, 0.1) is 17.5 Å². The first-order chi connectivity index (χ1) is 20.0. The van der Waals surface area contributed by atoms with Gasteiger partial charge in [-0.1, -0.05) is 41.9 Å². The van der Waals surface area contributed by atoms with Crippen molar-refractivity contribution in [2.45, 2.75) is 26.9 Å². The number of carbonyl (C=O) groups excluding carboxylic acids is 1. The SMILES string of the molecule is Cc1cc(Cl)cc(-c2cc(C(=O)N(C/C=C(\N)N(C)Cc3ccc(C#N)cc3)Cc3ccc(F)cc3F)ccc2C)c1. The van der Waals surface area contributed by atoms with Crippen LogP contribution in [0.15, 0.2) is 90.8 Å². The zero-order chi connectivity index (χ0) is 30.4. The summed E-state index contributed by atoms with van der Waals surface area (Å²) >= 11 is 6.31. The molecule has 0 aliphatic heterocycles. The summed E-state index contributed by atoms with van der Waals surface area (Å²) < 4.78 is 28.3. The van der Waals surface area contributed by atoms with Gasteiger partial charge in [-0.3, -0.25) is 4.79 Å². The minimum Gasteiger partial charge on any atom is -0.386 e. The third kappa shape index (κ3) is 7.54. The number of hydrogen-bond acceptors (Lipinski definition) is 4. The van der Waals surface area contributed by atoms with Crippen molar-refractivity contribution in [3.63, 3.8) is 0 Å². The van der Waals surface area contributed by atoms with Crippen LogP contribution in [0.2, 0.25) is 5.02 Å². The molecule has 0 aromatic heterocycles. The van der Waals surface area contributed by atoms with E-state index in [-0.39, 0.29) is 24.6 Å². The molecule has 8 heteroatoms. The number of benzene rings is 4. The van der Waals surface area contributed by atoms with Crippen molar-refractivity contribution in [3.8, 4) is 17.2 Å². The van der Waals surface area contributed by atoms with Crippen LogP contribution >= 0.6 is 11.6 Å². The van der Waals surface area contributed by atoms with Gasteiger partial charge in [0.1, 0.15) is 11.6 Å². The van der Waals surface area contributed by atoms with Crippen molar-refractivity contribution in [3.05, 3.63) is 141 Å². The molecule has 0 aliphatic carbocycles. The summed E-state index contributed by atoms with van der Waals surface area (Å²) in [6.07, 6.45) is 1.69. The number of nitrogens with two attached hydrogens (primary N) is 1. The Morgan fingerprint density at radius 3 is 2.38 bits per heavy atom. The Labute approximate surface area is 250 Å². The fourth-order valence-electron chi connectivity index (χ4n) is 4.62. The van der Waals surface area contributed by atoms with Gasteiger partial charge < -0.3 is 15.5 Å². The van der Waals surface area contributed by atoms with Gasteiger partial charge in [0.25, 0.3) is 5.91 Å². The maximum Gasteiger partial charge on any atom is 0.254 e. The maximum absolute atomic E-state index is 14.7. The van der Waals surface area contributed by atoms with Crippen LogP contribution in [-0.4, -0.2) is 29.3 Å². The number of amides is 1. The van der Waals surface area contributed by atoms with Crippen LogP contribution in [0.25, 0.3) is 11.1 Å². The van der Waals surface area contributed by atoms with Crippen LogP contribution in [0.3, 0.4) is 0 Å². The lowest BCUT2D eigenvalue weighted by Gasteiger charge is -2.25. The fourth-order valence-corrected chi connectivity index (χ4v) is 4.91. The normalized spacial score (nSPS) is 11.2. The molecule has 0 saturated heterocycles. The molecule has 1 amide bonds. The first kappa shape index (κ1) is 30.3. The molecular weight excluding hydrogens is 554 g/mol. The maximum atomic E-state index is 14.7. The highest BCUT2D eigenvalue weighted by atomic mass is 35.5. The summed E-state index contributed by atoms with van der Waals surface area (Å²) in [6, 6.07) is 23.7. The average molecular weight is 585 g/mol. The Balaban J connectivity index is 1.63. The molecule has 0 radical (unpaired) electrons. The number of nitriles is 1. The summed E-state index contributed by atoms with van der Waals surface area (Å²) in [5.41, 5.74) is 12.2. The molecule has 0 heterocycles. The van der Waals surface area contributed by atoms with Gasteiger partial charge in [-0.15, -0.1) is 0 Å². The van der Waals surface area contributed by atoms with Crippen LogP contribution in [0.1, 0.15) is 38.2 Å². The first-order valence-electron chi connectivity index (χ1n) is 13.3. The van der Waals surface area contributed by atoms with Crippen molar-refractivity contribution < 1.29 is 13.6 Å². The number of nitrogens with zero attached hydrogens (tertiary/aromatic N) is 3. The molecular formula is C34H31ClF2N4O. The molecule has 0 atom stereocenters. The van der Waals surface area contributed by atoms with Crippen LogP contribution in [0.5, 0.6) is 0 Å². The van der Waals surface area contributed by atoms with E-state index in [4.69, 9.17) is 22.6 Å². The Morgan fingerprint density at radius 1 is 0.976 bits per heavy atom. The highest BCUT2D eigenvalue weighted by Crippen LogP contribution is 2.29. The van der Waals surface area contributed by atoms with Gasteiger partial charge in [-0.2, -0.15) is 5.26 Å². The predicted octanol–water partition coefficient (Wildman–Crippen LogP) is 7.35. The molecule has 0 fully saturated rings. The molecule has 4 aromatic rings. The van der Waals surface area contributed by atoms with E-state index in [1.54, 1.807) is 30.3 Å². The Kier molecular flexibility index (Phi) is 9.61. The zero-order valence-corrected chi connectivity index (χ0v) is 24.4. The Bertz CT molecular complexity index is 1660. The number of halogens is 3. The molecule has 4 rings (SSSR count). The van der Waals surface area contributed by atoms with E-state index in [1.807, 2.05) is 62.2 Å². The third-order valence-electron chi connectivity index (χ3n) is 6.97. The van der Waals surface area contributed by atoms with Gasteiger partial charge in [0.15, 0.2) is 0 Å². The number of rotatable bonds is 9. The second kappa shape index (κ2) is 13.3. The monoisotopic (exact) mass is 584 g/mol. The lowest BCUT2D eigenvalue weighted by Crippen LogP contribution is -2.33. The Hall–Kier alpha value is -4.67. The minimum absolute atomic E-state index is 0.0820. The van der Waals surface area contributed by atoms with E-state index < -0.39 is 11.6 Å². The summed E-state index contributed by atoms with van der Waals surface area (Å²) in [5, 5.41) is 9.62. The summed E-state index contributed by atoms with van der Waals surface area (Å²) in [6.45, 7) is 4.38. The molecule has 0 aliphatic rings. The van der Waals surface area contributed by atoms with Gasteiger partial charge in [0.2, 0.25) is 0 Å². The van der Waals surface area contributed by atoms with Gasteiger partial charge in [0, 0.05) is 48.9 Å². The van der Waals surface area contributed by atoms with Crippen LogP contribution in [-0.2, 0) is 13.1 Å². The van der Waals surface area contributed by atoms with E-state index in [1.165, 1.54) is 17.0 Å². The van der Waals surface area contributed by atoms with E-state index in [0.717, 1.165) is 33.9 Å². The van der Waals surface area contributed by atoms with E-state index in [0.29, 0.717) is 28.5 Å². The molecule has 0 spiro atoms. The van der Waals surface area contributed by atoms with Crippen molar-refractivity contribution in [2.75, 3.05) is 13.6 Å². The topological polar surface area (TPSA) is 73.4 Å². The molecule has 0 unspecified atom stereocenters. The second-order valence-electron chi connectivity index (χ2n) is 10.3. The molecule has 42 heavy (non-hydrogen) atoms. The summed E-state index contributed by atoms with van der Waals surface area (Å²) in [4.78, 5) is 17.2. The van der Waals surface area contributed by atoms with E-state index in [2.05, 4.69) is 6.07 Å². The van der Waals surface area contributed by atoms with Gasteiger partial charge >= 0.3 is 0 Å². The summed E-state index contributed by atoms with van der Waals surface area (Å²) in [5.74, 6) is -1.35. The molecule has 2 N–H and O–H groups in total. The second-order valence-corrected chi connectivity index (χ2v) is 10.7. The van der Waals surface area contributed by atoms with Crippen LogP contribution < -0.4 is 5.73 Å². The highest BCUT2D eigenvalue weighted by Gasteiger charge is 2.19. The lowest BCUT2D eigenvalue weighted by molar-refractivity contribution is 0.0760. The van der Waals surface area contributed by atoms with Crippen LogP contribution in [0.4, 0.5) is 8.78 Å². The number of carbonyl (C=O) groups is 1. The lowest BCUT2D eigenvalue weighted by atomic mass is 9.96. The summed E-state index contributed by atoms with van der Waals surface area (Å²) in [7, 11) is 1.81. The van der Waals surface area contributed by atoms with Crippen molar-refractivity contribution in [2.24, 2.45) is 5.73 Å². The van der Waals surface area contributed by atoms with E-state index >= 15 is 0 Å². The predicted molar refractivity (Wildman–Crippen MR) is 162 cm³/mol. The molecule has 214 valence electrons. The third-order valence-corrected chi connectivity index (χ3v) is 7.18. The van der Waals surface area contributed by atoms with E-state index in [9.17, 15) is 13.6 Å².